The second-order valence-corrected chi connectivity index (χ2v) is 5.69. The fourth-order valence-electron chi connectivity index (χ4n) is 2.66. The van der Waals surface area contributed by atoms with Gasteiger partial charge >= 0.3 is 6.18 Å². The number of hydrogen-bond acceptors (Lipinski definition) is 2. The van der Waals surface area contributed by atoms with E-state index in [0.29, 0.717) is 18.7 Å². The van der Waals surface area contributed by atoms with E-state index in [1.54, 1.807) is 11.9 Å². The van der Waals surface area contributed by atoms with Gasteiger partial charge in [0.25, 0.3) is 0 Å². The maximum absolute atomic E-state index is 12.5. The minimum atomic E-state index is -4.34. The SMILES string of the molecule is CN(Cc1ccc(C(F)(F)F)cc1)C(=O)C1(CN)CCC1. The van der Waals surface area contributed by atoms with Crippen LogP contribution in [0.2, 0.25) is 0 Å². The van der Waals surface area contributed by atoms with Crippen LogP contribution in [0.3, 0.4) is 0 Å². The highest BCUT2D eigenvalue weighted by atomic mass is 19.4. The van der Waals surface area contributed by atoms with Crippen LogP contribution in [-0.4, -0.2) is 24.4 Å². The largest absolute Gasteiger partial charge is 0.416 e. The highest BCUT2D eigenvalue weighted by Gasteiger charge is 2.44. The molecule has 0 aliphatic heterocycles. The summed E-state index contributed by atoms with van der Waals surface area (Å²) in [6, 6.07) is 4.89. The molecule has 1 aromatic carbocycles. The first-order valence-electron chi connectivity index (χ1n) is 6.90. The Balaban J connectivity index is 2.03. The normalized spacial score (nSPS) is 17.2. The van der Waals surface area contributed by atoms with Gasteiger partial charge in [-0.05, 0) is 30.5 Å². The van der Waals surface area contributed by atoms with Gasteiger partial charge in [-0.15, -0.1) is 0 Å². The van der Waals surface area contributed by atoms with Crippen molar-refractivity contribution in [3.63, 3.8) is 0 Å². The first-order valence-corrected chi connectivity index (χ1v) is 6.90. The molecule has 1 aliphatic rings. The Bertz CT molecular complexity index is 501. The Morgan fingerprint density at radius 1 is 1.29 bits per heavy atom. The smallest absolute Gasteiger partial charge is 0.341 e. The molecular formula is C15H19F3N2O. The molecular weight excluding hydrogens is 281 g/mol. The molecule has 1 amide bonds. The average molecular weight is 300 g/mol. The van der Waals surface area contributed by atoms with Crippen molar-refractivity contribution >= 4 is 5.91 Å². The first-order chi connectivity index (χ1) is 9.78. The molecule has 0 spiro atoms. The molecule has 2 N–H and O–H groups in total. The number of nitrogens with zero attached hydrogens (tertiary/aromatic N) is 1. The van der Waals surface area contributed by atoms with Crippen LogP contribution in [0.15, 0.2) is 24.3 Å². The van der Waals surface area contributed by atoms with Gasteiger partial charge in [-0.3, -0.25) is 4.79 Å². The molecule has 0 aromatic heterocycles. The van der Waals surface area contributed by atoms with E-state index >= 15 is 0 Å². The van der Waals surface area contributed by atoms with E-state index in [9.17, 15) is 18.0 Å². The van der Waals surface area contributed by atoms with E-state index in [1.807, 2.05) is 0 Å². The van der Waals surface area contributed by atoms with Gasteiger partial charge in [-0.25, -0.2) is 0 Å². The van der Waals surface area contributed by atoms with Crippen LogP contribution in [0.25, 0.3) is 0 Å². The highest BCUT2D eigenvalue weighted by molar-refractivity contribution is 5.83. The molecule has 1 aromatic rings. The molecule has 0 saturated heterocycles. The van der Waals surface area contributed by atoms with Gasteiger partial charge in [0.1, 0.15) is 0 Å². The van der Waals surface area contributed by atoms with Crippen molar-refractivity contribution in [1.82, 2.24) is 4.90 Å². The van der Waals surface area contributed by atoms with Gasteiger partial charge in [0.05, 0.1) is 11.0 Å². The zero-order valence-electron chi connectivity index (χ0n) is 11.9. The number of nitrogens with two attached hydrogens (primary N) is 1. The fourth-order valence-corrected chi connectivity index (χ4v) is 2.66. The maximum atomic E-state index is 12.5. The standard InChI is InChI=1S/C15H19F3N2O/c1-20(13(21)14(10-19)7-2-8-14)9-11-3-5-12(6-4-11)15(16,17)18/h3-6H,2,7-10,19H2,1H3. The lowest BCUT2D eigenvalue weighted by Gasteiger charge is -2.41. The zero-order chi connectivity index (χ0) is 15.7. The van der Waals surface area contributed by atoms with Gasteiger partial charge in [0, 0.05) is 20.1 Å². The summed E-state index contributed by atoms with van der Waals surface area (Å²) in [5.74, 6) is -0.0175. The third-order valence-electron chi connectivity index (χ3n) is 4.20. The van der Waals surface area contributed by atoms with Gasteiger partial charge in [0.2, 0.25) is 5.91 Å². The van der Waals surface area contributed by atoms with Crippen molar-refractivity contribution in [2.24, 2.45) is 11.1 Å². The van der Waals surface area contributed by atoms with Crippen LogP contribution >= 0.6 is 0 Å². The molecule has 2 rings (SSSR count). The second-order valence-electron chi connectivity index (χ2n) is 5.69. The van der Waals surface area contributed by atoms with Gasteiger partial charge in [0.15, 0.2) is 0 Å². The minimum absolute atomic E-state index is 0.0175. The molecule has 0 atom stereocenters. The van der Waals surface area contributed by atoms with Crippen molar-refractivity contribution in [2.45, 2.75) is 32.0 Å². The number of benzene rings is 1. The Morgan fingerprint density at radius 3 is 2.24 bits per heavy atom. The highest BCUT2D eigenvalue weighted by Crippen LogP contribution is 2.41. The Morgan fingerprint density at radius 2 is 1.86 bits per heavy atom. The van der Waals surface area contributed by atoms with E-state index in [4.69, 9.17) is 5.73 Å². The van der Waals surface area contributed by atoms with Crippen molar-refractivity contribution < 1.29 is 18.0 Å². The number of carbonyl (C=O) groups excluding carboxylic acids is 1. The van der Waals surface area contributed by atoms with E-state index in [1.165, 1.54) is 12.1 Å². The molecule has 6 heteroatoms. The van der Waals surface area contributed by atoms with E-state index in [-0.39, 0.29) is 5.91 Å². The zero-order valence-corrected chi connectivity index (χ0v) is 11.9. The summed E-state index contributed by atoms with van der Waals surface area (Å²) in [4.78, 5) is 13.9. The van der Waals surface area contributed by atoms with Crippen LogP contribution in [0, 0.1) is 5.41 Å². The first kappa shape index (κ1) is 15.8. The van der Waals surface area contributed by atoms with E-state index in [2.05, 4.69) is 0 Å². The number of alkyl halides is 3. The second kappa shape index (κ2) is 5.67. The van der Waals surface area contributed by atoms with Crippen LogP contribution in [0.1, 0.15) is 30.4 Å². The monoisotopic (exact) mass is 300 g/mol. The Labute approximate surface area is 121 Å². The summed E-state index contributed by atoms with van der Waals surface area (Å²) in [7, 11) is 1.66. The molecule has 21 heavy (non-hydrogen) atoms. The topological polar surface area (TPSA) is 46.3 Å². The molecule has 1 fully saturated rings. The quantitative estimate of drug-likeness (QED) is 0.929. The molecule has 116 valence electrons. The Hall–Kier alpha value is -1.56. The van der Waals surface area contributed by atoms with E-state index < -0.39 is 17.2 Å². The number of carbonyl (C=O) groups is 1. The lowest BCUT2D eigenvalue weighted by molar-refractivity contribution is -0.145. The molecule has 0 bridgehead atoms. The third-order valence-corrected chi connectivity index (χ3v) is 4.20. The maximum Gasteiger partial charge on any atom is 0.416 e. The van der Waals surface area contributed by atoms with Crippen molar-refractivity contribution in [3.8, 4) is 0 Å². The van der Waals surface area contributed by atoms with Crippen molar-refractivity contribution in [2.75, 3.05) is 13.6 Å². The van der Waals surface area contributed by atoms with Crippen molar-refractivity contribution in [3.05, 3.63) is 35.4 Å². The van der Waals surface area contributed by atoms with Crippen LogP contribution < -0.4 is 5.73 Å². The summed E-state index contributed by atoms with van der Waals surface area (Å²) >= 11 is 0. The van der Waals surface area contributed by atoms with Gasteiger partial charge < -0.3 is 10.6 Å². The molecule has 0 unspecified atom stereocenters. The molecule has 0 heterocycles. The summed E-state index contributed by atoms with van der Waals surface area (Å²) in [6.07, 6.45) is -1.76. The van der Waals surface area contributed by atoms with Crippen LogP contribution in [-0.2, 0) is 17.5 Å². The fraction of sp³-hybridized carbons (Fsp3) is 0.533. The summed E-state index contributed by atoms with van der Waals surface area (Å²) in [5, 5.41) is 0. The van der Waals surface area contributed by atoms with Crippen molar-refractivity contribution in [1.29, 1.82) is 0 Å². The molecule has 0 radical (unpaired) electrons. The molecule has 1 saturated carbocycles. The lowest BCUT2D eigenvalue weighted by atomic mass is 9.68. The Kier molecular flexibility index (Phi) is 4.27. The molecule has 1 aliphatic carbocycles. The number of hydrogen-bond donors (Lipinski definition) is 1. The van der Waals surface area contributed by atoms with Crippen LogP contribution in [0.4, 0.5) is 13.2 Å². The average Bonchev–Trinajstić information content (AvgIpc) is 2.37. The summed E-state index contributed by atoms with van der Waals surface area (Å²) in [6.45, 7) is 0.613. The predicted molar refractivity (Wildman–Crippen MR) is 73.3 cm³/mol. The summed E-state index contributed by atoms with van der Waals surface area (Å²) in [5.41, 5.74) is 5.23. The number of halogens is 3. The lowest BCUT2D eigenvalue weighted by Crippen LogP contribution is -2.50. The third kappa shape index (κ3) is 3.20. The van der Waals surface area contributed by atoms with Gasteiger partial charge in [-0.2, -0.15) is 13.2 Å². The van der Waals surface area contributed by atoms with Crippen LogP contribution in [0.5, 0.6) is 0 Å². The van der Waals surface area contributed by atoms with Gasteiger partial charge in [-0.1, -0.05) is 18.6 Å². The molecule has 3 nitrogen and oxygen atoms in total. The van der Waals surface area contributed by atoms with E-state index in [0.717, 1.165) is 31.4 Å². The summed E-state index contributed by atoms with van der Waals surface area (Å²) < 4.78 is 37.5. The predicted octanol–water partition coefficient (Wildman–Crippen LogP) is 2.79. The number of amides is 1. The number of rotatable bonds is 4. The minimum Gasteiger partial charge on any atom is -0.341 e.